The van der Waals surface area contributed by atoms with Crippen molar-refractivity contribution >= 4 is 48.8 Å². The molecule has 0 bridgehead atoms. The van der Waals surface area contributed by atoms with Gasteiger partial charge in [0.15, 0.2) is 0 Å². The molecule has 2 heterocycles. The first-order valence-corrected chi connectivity index (χ1v) is 10.6. The number of rotatable bonds is 3. The number of aromatic nitrogens is 3. The van der Waals surface area contributed by atoms with Crippen LogP contribution < -0.4 is 11.2 Å². The fourth-order valence-corrected chi connectivity index (χ4v) is 4.43. The summed E-state index contributed by atoms with van der Waals surface area (Å²) >= 11 is 4.83. The van der Waals surface area contributed by atoms with Crippen molar-refractivity contribution in [2.45, 2.75) is 20.8 Å². The maximum absolute atomic E-state index is 12.5. The van der Waals surface area contributed by atoms with Gasteiger partial charge in [-0.2, -0.15) is 0 Å². The Bertz CT molecular complexity index is 1450. The van der Waals surface area contributed by atoms with Gasteiger partial charge >= 0.3 is 5.69 Å². The number of halogens is 1. The molecule has 0 radical (unpaired) electrons. The molecule has 0 saturated carbocycles. The molecule has 0 aliphatic heterocycles. The number of fused-ring (bicyclic) bond motifs is 1. The Labute approximate surface area is 183 Å². The van der Waals surface area contributed by atoms with Crippen LogP contribution in [0.25, 0.3) is 15.9 Å². The topological polar surface area (TPSA) is 100 Å². The van der Waals surface area contributed by atoms with Crippen LogP contribution in [0.5, 0.6) is 5.88 Å². The van der Waals surface area contributed by atoms with Crippen molar-refractivity contribution in [3.63, 3.8) is 0 Å². The Balaban J connectivity index is 1.84. The maximum Gasteiger partial charge on any atom is 0.335 e. The second kappa shape index (κ2) is 7.66. The molecule has 4 rings (SSSR count). The van der Waals surface area contributed by atoms with Crippen LogP contribution in [0.2, 0.25) is 0 Å². The van der Waals surface area contributed by atoms with Gasteiger partial charge in [0.25, 0.3) is 5.56 Å². The highest BCUT2D eigenvalue weighted by atomic mass is 79.9. The number of aromatic hydroxyl groups is 1. The Morgan fingerprint density at radius 3 is 2.70 bits per heavy atom. The van der Waals surface area contributed by atoms with Crippen LogP contribution in [0.1, 0.15) is 22.3 Å². The van der Waals surface area contributed by atoms with Gasteiger partial charge in [-0.3, -0.25) is 9.78 Å². The maximum atomic E-state index is 12.5. The Kier molecular flexibility index (Phi) is 5.17. The van der Waals surface area contributed by atoms with Gasteiger partial charge in [0.1, 0.15) is 5.56 Å². The van der Waals surface area contributed by atoms with E-state index >= 15 is 0 Å². The van der Waals surface area contributed by atoms with Crippen LogP contribution in [-0.2, 0) is 0 Å². The third kappa shape index (κ3) is 3.50. The zero-order valence-corrected chi connectivity index (χ0v) is 18.8. The Morgan fingerprint density at radius 2 is 1.93 bits per heavy atom. The van der Waals surface area contributed by atoms with Crippen molar-refractivity contribution in [3.05, 3.63) is 77.9 Å². The van der Waals surface area contributed by atoms with E-state index in [4.69, 9.17) is 0 Å². The largest absolute Gasteiger partial charge is 0.493 e. The van der Waals surface area contributed by atoms with E-state index in [0.717, 1.165) is 35.9 Å². The number of benzene rings is 2. The lowest BCUT2D eigenvalue weighted by Crippen LogP contribution is -2.31. The van der Waals surface area contributed by atoms with Crippen molar-refractivity contribution in [1.29, 1.82) is 0 Å². The van der Waals surface area contributed by atoms with Crippen molar-refractivity contribution < 1.29 is 5.11 Å². The highest BCUT2D eigenvalue weighted by molar-refractivity contribution is 9.10. The number of hydrogen-bond acceptors (Lipinski definition) is 6. The van der Waals surface area contributed by atoms with E-state index in [9.17, 15) is 14.7 Å². The third-order valence-corrected chi connectivity index (χ3v) is 6.68. The first-order valence-electron chi connectivity index (χ1n) is 9.02. The lowest BCUT2D eigenvalue weighted by Gasteiger charge is -2.14. The summed E-state index contributed by atoms with van der Waals surface area (Å²) in [6, 6.07) is 9.36. The highest BCUT2D eigenvalue weighted by Crippen LogP contribution is 2.29. The monoisotopic (exact) mass is 484 g/mol. The molecule has 0 unspecified atom stereocenters. The summed E-state index contributed by atoms with van der Waals surface area (Å²) in [5, 5.41) is 11.2. The predicted octanol–water partition coefficient (Wildman–Crippen LogP) is 4.28. The van der Waals surface area contributed by atoms with Crippen LogP contribution in [0.15, 0.2) is 49.4 Å². The summed E-state index contributed by atoms with van der Waals surface area (Å²) in [5.74, 6) is -0.478. The number of nitrogens with one attached hydrogen (secondary N) is 1. The molecule has 30 heavy (non-hydrogen) atoms. The minimum Gasteiger partial charge on any atom is -0.493 e. The van der Waals surface area contributed by atoms with E-state index in [0.29, 0.717) is 10.8 Å². The molecule has 0 saturated heterocycles. The third-order valence-electron chi connectivity index (χ3n) is 4.89. The SMILES string of the molecule is Cc1ccc2nc(N=Cc3c(O)n(-c4ccc(Br)c(C)c4C)c(=O)[nH]c3=O)sc2c1. The Morgan fingerprint density at radius 1 is 1.17 bits per heavy atom. The second-order valence-corrected chi connectivity index (χ2v) is 8.74. The zero-order chi connectivity index (χ0) is 21.6. The average Bonchev–Trinajstić information content (AvgIpc) is 3.09. The molecule has 0 fully saturated rings. The molecule has 0 aliphatic carbocycles. The molecule has 0 atom stereocenters. The summed E-state index contributed by atoms with van der Waals surface area (Å²) in [6.07, 6.45) is 1.23. The highest BCUT2D eigenvalue weighted by Gasteiger charge is 2.17. The lowest BCUT2D eigenvalue weighted by molar-refractivity contribution is 0.430. The summed E-state index contributed by atoms with van der Waals surface area (Å²) in [6.45, 7) is 5.73. The smallest absolute Gasteiger partial charge is 0.335 e. The molecule has 9 heteroatoms. The molecule has 7 nitrogen and oxygen atoms in total. The average molecular weight is 485 g/mol. The molecule has 4 aromatic rings. The normalized spacial score (nSPS) is 11.6. The van der Waals surface area contributed by atoms with E-state index in [2.05, 4.69) is 30.9 Å². The first kappa shape index (κ1) is 20.2. The summed E-state index contributed by atoms with van der Waals surface area (Å²) in [7, 11) is 0. The number of aryl methyl sites for hydroxylation is 1. The molecular formula is C21H17BrN4O3S. The number of nitrogens with zero attached hydrogens (tertiary/aromatic N) is 3. The van der Waals surface area contributed by atoms with E-state index in [-0.39, 0.29) is 5.56 Å². The summed E-state index contributed by atoms with van der Waals surface area (Å²) in [5.41, 5.74) is 2.54. The van der Waals surface area contributed by atoms with Gasteiger partial charge in [-0.25, -0.2) is 19.3 Å². The van der Waals surface area contributed by atoms with Crippen LogP contribution in [0.3, 0.4) is 0 Å². The molecule has 152 valence electrons. The van der Waals surface area contributed by atoms with Crippen LogP contribution in [0, 0.1) is 20.8 Å². The number of H-pyrrole nitrogens is 1. The molecule has 0 aliphatic rings. The van der Waals surface area contributed by atoms with Crippen molar-refractivity contribution in [1.82, 2.24) is 14.5 Å². The number of thiazole rings is 1. The van der Waals surface area contributed by atoms with Gasteiger partial charge in [0.05, 0.1) is 15.9 Å². The number of hydrogen-bond donors (Lipinski definition) is 2. The number of aromatic amines is 1. The minimum atomic E-state index is -0.727. The molecule has 2 aromatic heterocycles. The van der Waals surface area contributed by atoms with E-state index < -0.39 is 17.1 Å². The van der Waals surface area contributed by atoms with E-state index in [1.807, 2.05) is 39.0 Å². The van der Waals surface area contributed by atoms with Gasteiger partial charge in [-0.05, 0) is 61.7 Å². The van der Waals surface area contributed by atoms with Gasteiger partial charge in [-0.15, -0.1) is 0 Å². The molecule has 0 spiro atoms. The fraction of sp³-hybridized carbons (Fsp3) is 0.143. The Hall–Kier alpha value is -3.04. The standard InChI is InChI=1S/C21H17BrN4O3S/c1-10-4-6-15-17(8-10)30-20(24-15)23-9-13-18(27)25-21(29)26(19(13)28)16-7-5-14(22)11(2)12(16)3/h4-9,28H,1-3H3,(H,25,27,29). The molecule has 2 aromatic carbocycles. The molecule has 2 N–H and O–H groups in total. The zero-order valence-electron chi connectivity index (χ0n) is 16.4. The fourth-order valence-electron chi connectivity index (χ4n) is 3.09. The van der Waals surface area contributed by atoms with Gasteiger partial charge in [0.2, 0.25) is 11.0 Å². The van der Waals surface area contributed by atoms with Gasteiger partial charge < -0.3 is 5.11 Å². The lowest BCUT2D eigenvalue weighted by atomic mass is 10.1. The summed E-state index contributed by atoms with van der Waals surface area (Å²) in [4.78, 5) is 35.7. The molecular weight excluding hydrogens is 468 g/mol. The van der Waals surface area contributed by atoms with E-state index in [1.54, 1.807) is 12.1 Å². The van der Waals surface area contributed by atoms with Crippen LogP contribution in [-0.4, -0.2) is 25.9 Å². The predicted molar refractivity (Wildman–Crippen MR) is 123 cm³/mol. The quantitative estimate of drug-likeness (QED) is 0.423. The summed E-state index contributed by atoms with van der Waals surface area (Å²) < 4.78 is 2.93. The van der Waals surface area contributed by atoms with Crippen molar-refractivity contribution in [2.75, 3.05) is 0 Å². The minimum absolute atomic E-state index is 0.120. The van der Waals surface area contributed by atoms with Crippen molar-refractivity contribution in [2.24, 2.45) is 4.99 Å². The van der Waals surface area contributed by atoms with Crippen molar-refractivity contribution in [3.8, 4) is 11.6 Å². The second-order valence-electron chi connectivity index (χ2n) is 6.87. The number of aliphatic imine (C=N–C) groups is 1. The first-order chi connectivity index (χ1) is 14.3. The molecule has 0 amide bonds. The van der Waals surface area contributed by atoms with Crippen LogP contribution in [0.4, 0.5) is 5.13 Å². The van der Waals surface area contributed by atoms with E-state index in [1.165, 1.54) is 17.6 Å². The van der Waals surface area contributed by atoms with Gasteiger partial charge in [0, 0.05) is 10.7 Å². The van der Waals surface area contributed by atoms with Gasteiger partial charge in [-0.1, -0.05) is 33.3 Å². The van der Waals surface area contributed by atoms with Crippen LogP contribution >= 0.6 is 27.3 Å².